The molecule has 0 fully saturated rings. The zero-order valence-corrected chi connectivity index (χ0v) is 15.7. The van der Waals surface area contributed by atoms with Gasteiger partial charge in [0.2, 0.25) is 0 Å². The maximum Gasteiger partial charge on any atom is 0.0192 e. The Hall–Kier alpha value is -2.60. The van der Waals surface area contributed by atoms with Crippen LogP contribution in [0.2, 0.25) is 0 Å². The molecule has 0 radical (unpaired) electrons. The standard InChI is InChI=1S/C26H24/c1-25(2)17-26(3,22-14-8-11-18-9-4-6-12-20(18)22)23-16-15-19-10-5-7-13-21(19)24(23)25/h4-16H,17H2,1-3H3. The fraction of sp³-hybridized carbons (Fsp3) is 0.231. The van der Waals surface area contributed by atoms with Crippen molar-refractivity contribution in [3.05, 3.63) is 95.6 Å². The molecule has 1 aliphatic rings. The molecule has 1 atom stereocenters. The molecule has 0 saturated heterocycles. The smallest absolute Gasteiger partial charge is 0.0192 e. The van der Waals surface area contributed by atoms with Gasteiger partial charge in [-0.05, 0) is 50.1 Å². The number of benzene rings is 4. The van der Waals surface area contributed by atoms with Crippen molar-refractivity contribution < 1.29 is 0 Å². The second-order valence-corrected chi connectivity index (χ2v) is 8.63. The Balaban J connectivity index is 1.86. The van der Waals surface area contributed by atoms with E-state index >= 15 is 0 Å². The fourth-order valence-corrected chi connectivity index (χ4v) is 5.47. The van der Waals surface area contributed by atoms with Gasteiger partial charge >= 0.3 is 0 Å². The van der Waals surface area contributed by atoms with E-state index in [4.69, 9.17) is 0 Å². The predicted molar refractivity (Wildman–Crippen MR) is 112 cm³/mol. The van der Waals surface area contributed by atoms with E-state index in [1.165, 1.54) is 38.2 Å². The second kappa shape index (κ2) is 5.20. The summed E-state index contributed by atoms with van der Waals surface area (Å²) in [4.78, 5) is 0. The summed E-state index contributed by atoms with van der Waals surface area (Å²) < 4.78 is 0. The molecule has 26 heavy (non-hydrogen) atoms. The first-order valence-electron chi connectivity index (χ1n) is 9.52. The van der Waals surface area contributed by atoms with Crippen molar-refractivity contribution >= 4 is 21.5 Å². The van der Waals surface area contributed by atoms with Gasteiger partial charge in [-0.25, -0.2) is 0 Å². The average Bonchev–Trinajstić information content (AvgIpc) is 2.88. The van der Waals surface area contributed by atoms with Crippen LogP contribution in [0, 0.1) is 0 Å². The van der Waals surface area contributed by atoms with Crippen molar-refractivity contribution in [2.24, 2.45) is 0 Å². The summed E-state index contributed by atoms with van der Waals surface area (Å²) >= 11 is 0. The van der Waals surface area contributed by atoms with Crippen LogP contribution in [0.15, 0.2) is 78.9 Å². The fourth-order valence-electron chi connectivity index (χ4n) is 5.47. The van der Waals surface area contributed by atoms with Crippen molar-refractivity contribution in [2.45, 2.75) is 38.0 Å². The van der Waals surface area contributed by atoms with E-state index in [1.54, 1.807) is 0 Å². The topological polar surface area (TPSA) is 0 Å². The van der Waals surface area contributed by atoms with Crippen molar-refractivity contribution in [1.29, 1.82) is 0 Å². The molecular formula is C26H24. The number of fused-ring (bicyclic) bond motifs is 4. The van der Waals surface area contributed by atoms with Gasteiger partial charge < -0.3 is 0 Å². The zero-order valence-electron chi connectivity index (χ0n) is 15.7. The van der Waals surface area contributed by atoms with Gasteiger partial charge in [0.25, 0.3) is 0 Å². The molecule has 0 amide bonds. The third-order valence-electron chi connectivity index (χ3n) is 6.38. The lowest BCUT2D eigenvalue weighted by molar-refractivity contribution is 0.428. The first-order valence-corrected chi connectivity index (χ1v) is 9.52. The summed E-state index contributed by atoms with van der Waals surface area (Å²) in [6.07, 6.45) is 1.14. The van der Waals surface area contributed by atoms with Gasteiger partial charge in [-0.1, -0.05) is 99.6 Å². The van der Waals surface area contributed by atoms with E-state index in [2.05, 4.69) is 99.6 Å². The van der Waals surface area contributed by atoms with E-state index in [-0.39, 0.29) is 10.8 Å². The molecular weight excluding hydrogens is 312 g/mol. The molecule has 0 heteroatoms. The quantitative estimate of drug-likeness (QED) is 0.352. The van der Waals surface area contributed by atoms with Crippen molar-refractivity contribution in [3.63, 3.8) is 0 Å². The van der Waals surface area contributed by atoms with Gasteiger partial charge in [0.05, 0.1) is 0 Å². The predicted octanol–water partition coefficient (Wildman–Crippen LogP) is 6.98. The first kappa shape index (κ1) is 15.6. The lowest BCUT2D eigenvalue weighted by Gasteiger charge is -2.29. The summed E-state index contributed by atoms with van der Waals surface area (Å²) in [6.45, 7) is 7.26. The molecule has 0 spiro atoms. The van der Waals surface area contributed by atoms with Crippen LogP contribution < -0.4 is 0 Å². The Morgan fingerprint density at radius 1 is 0.577 bits per heavy atom. The SMILES string of the molecule is CC1(C)CC(C)(c2cccc3ccccc23)c2ccc3ccccc3c21. The van der Waals surface area contributed by atoms with Gasteiger partial charge in [0.15, 0.2) is 0 Å². The number of hydrogen-bond acceptors (Lipinski definition) is 0. The minimum atomic E-state index is 0.0315. The normalized spacial score (nSPS) is 21.2. The van der Waals surface area contributed by atoms with E-state index in [9.17, 15) is 0 Å². The van der Waals surface area contributed by atoms with Gasteiger partial charge in [-0.2, -0.15) is 0 Å². The summed E-state index contributed by atoms with van der Waals surface area (Å²) in [6, 6.07) is 29.1. The summed E-state index contributed by atoms with van der Waals surface area (Å²) in [7, 11) is 0. The molecule has 128 valence electrons. The van der Waals surface area contributed by atoms with Gasteiger partial charge in [-0.15, -0.1) is 0 Å². The highest BCUT2D eigenvalue weighted by atomic mass is 14.5. The first-order chi connectivity index (χ1) is 12.5. The van der Waals surface area contributed by atoms with Gasteiger partial charge in [0, 0.05) is 5.41 Å². The van der Waals surface area contributed by atoms with Gasteiger partial charge in [0.1, 0.15) is 0 Å². The van der Waals surface area contributed by atoms with Crippen LogP contribution in [-0.2, 0) is 10.8 Å². The molecule has 0 heterocycles. The van der Waals surface area contributed by atoms with E-state index in [0.29, 0.717) is 0 Å². The molecule has 1 aliphatic carbocycles. The highest BCUT2D eigenvalue weighted by molar-refractivity contribution is 5.91. The van der Waals surface area contributed by atoms with E-state index in [0.717, 1.165) is 6.42 Å². The molecule has 5 rings (SSSR count). The summed E-state index contributed by atoms with van der Waals surface area (Å²) in [5.41, 5.74) is 4.67. The van der Waals surface area contributed by atoms with Gasteiger partial charge in [-0.3, -0.25) is 0 Å². The Kier molecular flexibility index (Phi) is 3.13. The molecule has 0 bridgehead atoms. The zero-order chi connectivity index (χ0) is 17.9. The van der Waals surface area contributed by atoms with Crippen LogP contribution in [0.5, 0.6) is 0 Å². The number of rotatable bonds is 1. The Morgan fingerprint density at radius 3 is 1.96 bits per heavy atom. The largest absolute Gasteiger partial charge is 0.0616 e. The Morgan fingerprint density at radius 2 is 1.19 bits per heavy atom. The monoisotopic (exact) mass is 336 g/mol. The molecule has 4 aromatic rings. The average molecular weight is 336 g/mol. The van der Waals surface area contributed by atoms with E-state index < -0.39 is 0 Å². The Bertz CT molecular complexity index is 1140. The van der Waals surface area contributed by atoms with Crippen molar-refractivity contribution in [3.8, 4) is 0 Å². The number of hydrogen-bond donors (Lipinski definition) is 0. The van der Waals surface area contributed by atoms with Crippen LogP contribution in [-0.4, -0.2) is 0 Å². The summed E-state index contributed by atoms with van der Waals surface area (Å²) in [5.74, 6) is 0. The van der Waals surface area contributed by atoms with Crippen molar-refractivity contribution in [1.82, 2.24) is 0 Å². The maximum absolute atomic E-state index is 2.44. The Labute approximate surface area is 155 Å². The lowest BCUT2D eigenvalue weighted by atomic mass is 9.73. The molecule has 0 nitrogen and oxygen atoms in total. The van der Waals surface area contributed by atoms with Crippen LogP contribution in [0.1, 0.15) is 43.9 Å². The third kappa shape index (κ3) is 2.02. The molecule has 0 aromatic heterocycles. The molecule has 0 aliphatic heterocycles. The maximum atomic E-state index is 2.44. The molecule has 0 saturated carbocycles. The second-order valence-electron chi connectivity index (χ2n) is 8.63. The highest BCUT2D eigenvalue weighted by Gasteiger charge is 2.46. The lowest BCUT2D eigenvalue weighted by Crippen LogP contribution is -2.23. The minimum Gasteiger partial charge on any atom is -0.0616 e. The van der Waals surface area contributed by atoms with Crippen LogP contribution in [0.25, 0.3) is 21.5 Å². The molecule has 1 unspecified atom stereocenters. The third-order valence-corrected chi connectivity index (χ3v) is 6.38. The highest BCUT2D eigenvalue weighted by Crippen LogP contribution is 2.55. The van der Waals surface area contributed by atoms with Crippen LogP contribution in [0.4, 0.5) is 0 Å². The van der Waals surface area contributed by atoms with Crippen LogP contribution >= 0.6 is 0 Å². The molecule has 4 aromatic carbocycles. The van der Waals surface area contributed by atoms with Crippen LogP contribution in [0.3, 0.4) is 0 Å². The summed E-state index contributed by atoms with van der Waals surface area (Å²) in [5, 5.41) is 5.48. The molecule has 0 N–H and O–H groups in total. The minimum absolute atomic E-state index is 0.0315. The van der Waals surface area contributed by atoms with E-state index in [1.807, 2.05) is 0 Å². The van der Waals surface area contributed by atoms with Crippen molar-refractivity contribution in [2.75, 3.05) is 0 Å².